The molecular formula is C16H19N3O3. The predicted octanol–water partition coefficient (Wildman–Crippen LogP) is 2.60. The molecular weight excluding hydrogens is 282 g/mol. The first-order valence-corrected chi connectivity index (χ1v) is 7.30. The van der Waals surface area contributed by atoms with E-state index in [1.165, 1.54) is 0 Å². The molecule has 2 N–H and O–H groups in total. The number of ether oxygens (including phenoxy) is 2. The molecule has 0 radical (unpaired) electrons. The van der Waals surface area contributed by atoms with Gasteiger partial charge in [0.05, 0.1) is 13.7 Å². The van der Waals surface area contributed by atoms with E-state index in [1.807, 2.05) is 32.0 Å². The van der Waals surface area contributed by atoms with Crippen molar-refractivity contribution in [2.75, 3.05) is 19.0 Å². The molecule has 0 saturated carbocycles. The van der Waals surface area contributed by atoms with Crippen molar-refractivity contribution in [1.82, 2.24) is 10.2 Å². The average Bonchev–Trinajstić information content (AvgIpc) is 2.88. The minimum absolute atomic E-state index is 0.0470. The lowest BCUT2D eigenvalue weighted by molar-refractivity contribution is -0.116. The molecule has 0 fully saturated rings. The molecule has 3 rings (SSSR count). The van der Waals surface area contributed by atoms with Crippen molar-refractivity contribution in [3.05, 3.63) is 35.0 Å². The maximum atomic E-state index is 12.0. The van der Waals surface area contributed by atoms with Gasteiger partial charge in [0.15, 0.2) is 17.3 Å². The molecule has 1 atom stereocenters. The number of fused-ring (bicyclic) bond motifs is 1. The number of hydrogen-bond donors (Lipinski definition) is 2. The third-order valence-corrected chi connectivity index (χ3v) is 3.88. The van der Waals surface area contributed by atoms with Crippen LogP contribution < -0.4 is 14.8 Å². The Kier molecular flexibility index (Phi) is 3.75. The third-order valence-electron chi connectivity index (χ3n) is 3.88. The lowest BCUT2D eigenvalue weighted by Gasteiger charge is -2.25. The number of para-hydroxylation sites is 1. The highest BCUT2D eigenvalue weighted by Crippen LogP contribution is 2.44. The van der Waals surface area contributed by atoms with Gasteiger partial charge in [-0.1, -0.05) is 12.1 Å². The van der Waals surface area contributed by atoms with Crippen LogP contribution in [0, 0.1) is 6.92 Å². The molecule has 6 nitrogen and oxygen atoms in total. The highest BCUT2D eigenvalue weighted by atomic mass is 16.5. The van der Waals surface area contributed by atoms with Crippen LogP contribution in [0.15, 0.2) is 18.2 Å². The second-order valence-electron chi connectivity index (χ2n) is 5.23. The van der Waals surface area contributed by atoms with Gasteiger partial charge < -0.3 is 14.8 Å². The smallest absolute Gasteiger partial charge is 0.226 e. The zero-order valence-corrected chi connectivity index (χ0v) is 12.9. The van der Waals surface area contributed by atoms with Crippen LogP contribution in [0.2, 0.25) is 0 Å². The molecule has 1 amide bonds. The van der Waals surface area contributed by atoms with E-state index in [-0.39, 0.29) is 11.8 Å². The molecule has 0 unspecified atom stereocenters. The monoisotopic (exact) mass is 301 g/mol. The lowest BCUT2D eigenvalue weighted by Crippen LogP contribution is -2.24. The van der Waals surface area contributed by atoms with Crippen molar-refractivity contribution < 1.29 is 14.3 Å². The van der Waals surface area contributed by atoms with Crippen LogP contribution in [0.5, 0.6) is 11.5 Å². The number of aromatic nitrogens is 2. The number of aromatic amines is 1. The van der Waals surface area contributed by atoms with E-state index in [0.29, 0.717) is 30.3 Å². The van der Waals surface area contributed by atoms with Gasteiger partial charge in [-0.2, -0.15) is 5.10 Å². The van der Waals surface area contributed by atoms with E-state index < -0.39 is 0 Å². The number of H-pyrrole nitrogens is 1. The Morgan fingerprint density at radius 2 is 2.23 bits per heavy atom. The SMILES string of the molecule is CCOc1c(OC)cccc1[C@@H]1CC(=O)Nc2n[nH]c(C)c21. The Morgan fingerprint density at radius 3 is 2.95 bits per heavy atom. The van der Waals surface area contributed by atoms with Crippen molar-refractivity contribution in [2.24, 2.45) is 0 Å². The number of benzene rings is 1. The van der Waals surface area contributed by atoms with Crippen molar-refractivity contribution in [3.8, 4) is 11.5 Å². The molecule has 116 valence electrons. The molecule has 1 aliphatic rings. The summed E-state index contributed by atoms with van der Waals surface area (Å²) in [6.45, 7) is 4.42. The van der Waals surface area contributed by atoms with Gasteiger partial charge in [-0.3, -0.25) is 9.89 Å². The molecule has 1 aliphatic heterocycles. The molecule has 1 aromatic carbocycles. The molecule has 6 heteroatoms. The fourth-order valence-electron chi connectivity index (χ4n) is 2.96. The maximum absolute atomic E-state index is 12.0. The van der Waals surface area contributed by atoms with Gasteiger partial charge in [-0.15, -0.1) is 0 Å². The summed E-state index contributed by atoms with van der Waals surface area (Å²) in [4.78, 5) is 12.0. The summed E-state index contributed by atoms with van der Waals surface area (Å²) >= 11 is 0. The van der Waals surface area contributed by atoms with Crippen molar-refractivity contribution in [2.45, 2.75) is 26.2 Å². The Labute approximate surface area is 128 Å². The largest absolute Gasteiger partial charge is 0.493 e. The molecule has 0 bridgehead atoms. The molecule has 0 aliphatic carbocycles. The van der Waals surface area contributed by atoms with Gasteiger partial charge in [0.1, 0.15) is 0 Å². The van der Waals surface area contributed by atoms with Crippen LogP contribution in [0.1, 0.15) is 36.1 Å². The lowest BCUT2D eigenvalue weighted by atomic mass is 9.85. The number of aryl methyl sites for hydroxylation is 1. The van der Waals surface area contributed by atoms with Gasteiger partial charge in [0, 0.05) is 29.2 Å². The summed E-state index contributed by atoms with van der Waals surface area (Å²) in [5.41, 5.74) is 2.90. The molecule has 2 aromatic rings. The van der Waals surface area contributed by atoms with Crippen molar-refractivity contribution in [1.29, 1.82) is 0 Å². The minimum Gasteiger partial charge on any atom is -0.493 e. The standard InChI is InChI=1S/C16H19N3O3/c1-4-22-15-10(6-5-7-12(15)21-3)11-8-13(20)17-16-14(11)9(2)18-19-16/h5-7,11H,4,8H2,1-3H3,(H2,17,18,19,20)/t11-/m0/s1. The zero-order valence-electron chi connectivity index (χ0n) is 12.9. The second kappa shape index (κ2) is 5.71. The number of nitrogens with one attached hydrogen (secondary N) is 2. The molecule has 0 saturated heterocycles. The van der Waals surface area contributed by atoms with Crippen LogP contribution in [0.25, 0.3) is 0 Å². The first kappa shape index (κ1) is 14.4. The van der Waals surface area contributed by atoms with E-state index >= 15 is 0 Å². The summed E-state index contributed by atoms with van der Waals surface area (Å²) in [7, 11) is 1.61. The Balaban J connectivity index is 2.15. The number of amides is 1. The Bertz CT molecular complexity index is 709. The van der Waals surface area contributed by atoms with Crippen LogP contribution in [-0.4, -0.2) is 29.8 Å². The first-order chi connectivity index (χ1) is 10.7. The third kappa shape index (κ3) is 2.30. The fraction of sp³-hybridized carbons (Fsp3) is 0.375. The summed E-state index contributed by atoms with van der Waals surface area (Å²) in [6.07, 6.45) is 0.362. The summed E-state index contributed by atoms with van der Waals surface area (Å²) in [6, 6.07) is 5.76. The average molecular weight is 301 g/mol. The number of carbonyl (C=O) groups is 1. The van der Waals surface area contributed by atoms with Gasteiger partial charge in [-0.25, -0.2) is 0 Å². The second-order valence-corrected chi connectivity index (χ2v) is 5.23. The number of hydrogen-bond acceptors (Lipinski definition) is 4. The number of nitrogens with zero attached hydrogens (tertiary/aromatic N) is 1. The van der Waals surface area contributed by atoms with Crippen LogP contribution in [0.3, 0.4) is 0 Å². The normalized spacial score (nSPS) is 16.9. The highest BCUT2D eigenvalue weighted by molar-refractivity contribution is 5.94. The van der Waals surface area contributed by atoms with Crippen molar-refractivity contribution >= 4 is 11.7 Å². The molecule has 1 aromatic heterocycles. The number of rotatable bonds is 4. The Hall–Kier alpha value is -2.50. The molecule has 2 heterocycles. The van der Waals surface area contributed by atoms with E-state index in [4.69, 9.17) is 9.47 Å². The van der Waals surface area contributed by atoms with Crippen LogP contribution in [-0.2, 0) is 4.79 Å². The predicted molar refractivity (Wildman–Crippen MR) is 82.6 cm³/mol. The van der Waals surface area contributed by atoms with Gasteiger partial charge in [0.2, 0.25) is 5.91 Å². The first-order valence-electron chi connectivity index (χ1n) is 7.30. The van der Waals surface area contributed by atoms with Crippen LogP contribution >= 0.6 is 0 Å². The van der Waals surface area contributed by atoms with E-state index in [2.05, 4.69) is 15.5 Å². The zero-order chi connectivity index (χ0) is 15.7. The number of anilines is 1. The van der Waals surface area contributed by atoms with E-state index in [0.717, 1.165) is 16.8 Å². The highest BCUT2D eigenvalue weighted by Gasteiger charge is 2.32. The van der Waals surface area contributed by atoms with E-state index in [1.54, 1.807) is 7.11 Å². The number of carbonyl (C=O) groups excluding carboxylic acids is 1. The number of methoxy groups -OCH3 is 1. The van der Waals surface area contributed by atoms with Crippen LogP contribution in [0.4, 0.5) is 5.82 Å². The van der Waals surface area contributed by atoms with Crippen molar-refractivity contribution in [3.63, 3.8) is 0 Å². The quantitative estimate of drug-likeness (QED) is 0.910. The molecule has 0 spiro atoms. The topological polar surface area (TPSA) is 76.2 Å². The summed E-state index contributed by atoms with van der Waals surface area (Å²) in [5.74, 6) is 1.82. The minimum atomic E-state index is -0.0980. The maximum Gasteiger partial charge on any atom is 0.226 e. The van der Waals surface area contributed by atoms with Gasteiger partial charge in [0.25, 0.3) is 0 Å². The van der Waals surface area contributed by atoms with E-state index in [9.17, 15) is 4.79 Å². The molecule has 22 heavy (non-hydrogen) atoms. The Morgan fingerprint density at radius 1 is 1.41 bits per heavy atom. The summed E-state index contributed by atoms with van der Waals surface area (Å²) < 4.78 is 11.2. The fourth-order valence-corrected chi connectivity index (χ4v) is 2.96. The van der Waals surface area contributed by atoms with Gasteiger partial charge >= 0.3 is 0 Å². The summed E-state index contributed by atoms with van der Waals surface area (Å²) in [5, 5.41) is 9.92. The van der Waals surface area contributed by atoms with Gasteiger partial charge in [-0.05, 0) is 19.9 Å².